The number of hydrogen-bond acceptors (Lipinski definition) is 3. The maximum Gasteiger partial charge on any atom is 0.256 e. The monoisotopic (exact) mass is 283 g/mol. The van der Waals surface area contributed by atoms with E-state index in [1.807, 2.05) is 68.3 Å². The van der Waals surface area contributed by atoms with Gasteiger partial charge in [0.2, 0.25) is 0 Å². The summed E-state index contributed by atoms with van der Waals surface area (Å²) in [4.78, 5) is 19.0. The Morgan fingerprint density at radius 3 is 2.52 bits per heavy atom. The number of hydrogen-bond donors (Lipinski definition) is 1. The lowest BCUT2D eigenvalue weighted by atomic mass is 10.1. The fraction of sp³-hybridized carbons (Fsp3) is 0.294. The smallest absolute Gasteiger partial charge is 0.256 e. The number of rotatable bonds is 5. The van der Waals surface area contributed by atoms with Crippen LogP contribution >= 0.6 is 0 Å². The molecule has 21 heavy (non-hydrogen) atoms. The number of amides is 1. The lowest BCUT2D eigenvalue weighted by molar-refractivity contribution is 0.0689. The first-order chi connectivity index (χ1) is 10.1. The molecular weight excluding hydrogens is 262 g/mol. The number of pyridine rings is 1. The number of carbonyl (C=O) groups excluding carboxylic acids is 1. The van der Waals surface area contributed by atoms with E-state index in [0.717, 1.165) is 11.4 Å². The number of anilines is 1. The highest BCUT2D eigenvalue weighted by molar-refractivity contribution is 5.99. The third kappa shape index (κ3) is 3.60. The molecule has 0 saturated carbocycles. The second-order valence-corrected chi connectivity index (χ2v) is 5.14. The standard InChI is InChI=1S/C17H21N3O/c1-13(2)20(12-14-8-6-7-11-19-14)17(21)15-9-4-5-10-16(15)18-3/h4-11,13,18H,12H2,1-3H3. The van der Waals surface area contributed by atoms with Gasteiger partial charge in [0, 0.05) is 25.0 Å². The van der Waals surface area contributed by atoms with Crippen LogP contribution in [0.2, 0.25) is 0 Å². The molecule has 0 radical (unpaired) electrons. The third-order valence-corrected chi connectivity index (χ3v) is 3.37. The Balaban J connectivity index is 2.28. The molecule has 0 fully saturated rings. The molecule has 2 aromatic rings. The van der Waals surface area contributed by atoms with Gasteiger partial charge in [0.05, 0.1) is 17.8 Å². The van der Waals surface area contributed by atoms with Gasteiger partial charge >= 0.3 is 0 Å². The lowest BCUT2D eigenvalue weighted by Crippen LogP contribution is -2.37. The fourth-order valence-electron chi connectivity index (χ4n) is 2.20. The van der Waals surface area contributed by atoms with Crippen LogP contribution in [-0.2, 0) is 6.54 Å². The molecule has 0 spiro atoms. The van der Waals surface area contributed by atoms with Crippen molar-refractivity contribution < 1.29 is 4.79 Å². The summed E-state index contributed by atoms with van der Waals surface area (Å²) in [5.74, 6) is 0.0144. The van der Waals surface area contributed by atoms with Crippen molar-refractivity contribution in [2.45, 2.75) is 26.4 Å². The minimum Gasteiger partial charge on any atom is -0.387 e. The van der Waals surface area contributed by atoms with Crippen molar-refractivity contribution in [3.05, 3.63) is 59.9 Å². The van der Waals surface area contributed by atoms with Gasteiger partial charge < -0.3 is 10.2 Å². The highest BCUT2D eigenvalue weighted by Crippen LogP contribution is 2.19. The normalized spacial score (nSPS) is 10.5. The van der Waals surface area contributed by atoms with E-state index < -0.39 is 0 Å². The Labute approximate surface area is 125 Å². The van der Waals surface area contributed by atoms with Gasteiger partial charge in [0.1, 0.15) is 0 Å². The summed E-state index contributed by atoms with van der Waals surface area (Å²) >= 11 is 0. The Kier molecular flexibility index (Phi) is 4.93. The number of para-hydroxylation sites is 1. The molecule has 1 amide bonds. The van der Waals surface area contributed by atoms with Crippen LogP contribution in [0.4, 0.5) is 5.69 Å². The zero-order valence-corrected chi connectivity index (χ0v) is 12.7. The predicted octanol–water partition coefficient (Wildman–Crippen LogP) is 3.17. The maximum atomic E-state index is 12.8. The maximum absolute atomic E-state index is 12.8. The largest absolute Gasteiger partial charge is 0.387 e. The summed E-state index contributed by atoms with van der Waals surface area (Å²) < 4.78 is 0. The molecule has 1 N–H and O–H groups in total. The molecule has 2 rings (SSSR count). The Morgan fingerprint density at radius 1 is 1.19 bits per heavy atom. The van der Waals surface area contributed by atoms with Crippen LogP contribution in [0.3, 0.4) is 0 Å². The SMILES string of the molecule is CNc1ccccc1C(=O)N(Cc1ccccn1)C(C)C. The molecule has 1 aromatic heterocycles. The van der Waals surface area contributed by atoms with Crippen LogP contribution in [0.1, 0.15) is 29.9 Å². The predicted molar refractivity (Wildman–Crippen MR) is 85.2 cm³/mol. The molecule has 1 heterocycles. The van der Waals surface area contributed by atoms with Crippen LogP contribution in [0.5, 0.6) is 0 Å². The molecule has 4 nitrogen and oxygen atoms in total. The van der Waals surface area contributed by atoms with E-state index in [1.165, 1.54) is 0 Å². The molecule has 0 saturated heterocycles. The Bertz CT molecular complexity index is 596. The highest BCUT2D eigenvalue weighted by atomic mass is 16.2. The molecule has 0 aliphatic carbocycles. The average Bonchev–Trinajstić information content (AvgIpc) is 2.52. The molecule has 1 aromatic carbocycles. The van der Waals surface area contributed by atoms with E-state index in [1.54, 1.807) is 6.20 Å². The summed E-state index contributed by atoms with van der Waals surface area (Å²) in [6, 6.07) is 13.4. The van der Waals surface area contributed by atoms with Gasteiger partial charge in [0.25, 0.3) is 5.91 Å². The number of carbonyl (C=O) groups is 1. The van der Waals surface area contributed by atoms with Crippen LogP contribution in [0, 0.1) is 0 Å². The molecular formula is C17H21N3O. The number of nitrogens with zero attached hydrogens (tertiary/aromatic N) is 2. The van der Waals surface area contributed by atoms with E-state index in [9.17, 15) is 4.79 Å². The molecule has 0 aliphatic rings. The molecule has 0 atom stereocenters. The number of aromatic nitrogens is 1. The first-order valence-corrected chi connectivity index (χ1v) is 7.11. The molecule has 110 valence electrons. The summed E-state index contributed by atoms with van der Waals surface area (Å²) in [7, 11) is 1.82. The number of nitrogens with one attached hydrogen (secondary N) is 1. The van der Waals surface area contributed by atoms with Crippen molar-refractivity contribution in [2.24, 2.45) is 0 Å². The van der Waals surface area contributed by atoms with Gasteiger partial charge in [-0.15, -0.1) is 0 Å². The minimum atomic E-state index is 0.0144. The van der Waals surface area contributed by atoms with Gasteiger partial charge in [-0.25, -0.2) is 0 Å². The Morgan fingerprint density at radius 2 is 1.90 bits per heavy atom. The van der Waals surface area contributed by atoms with E-state index in [4.69, 9.17) is 0 Å². The molecule has 0 unspecified atom stereocenters. The summed E-state index contributed by atoms with van der Waals surface area (Å²) in [5, 5.41) is 3.07. The zero-order valence-electron chi connectivity index (χ0n) is 12.7. The van der Waals surface area contributed by atoms with Crippen molar-refractivity contribution in [1.82, 2.24) is 9.88 Å². The van der Waals surface area contributed by atoms with Crippen LogP contribution in [0.25, 0.3) is 0 Å². The Hall–Kier alpha value is -2.36. The first kappa shape index (κ1) is 15.0. The zero-order chi connectivity index (χ0) is 15.2. The summed E-state index contributed by atoms with van der Waals surface area (Å²) in [6.07, 6.45) is 1.75. The topological polar surface area (TPSA) is 45.2 Å². The van der Waals surface area contributed by atoms with Crippen molar-refractivity contribution in [3.63, 3.8) is 0 Å². The van der Waals surface area contributed by atoms with Crippen molar-refractivity contribution in [3.8, 4) is 0 Å². The van der Waals surface area contributed by atoms with Gasteiger partial charge in [-0.3, -0.25) is 9.78 Å². The van der Waals surface area contributed by atoms with Crippen molar-refractivity contribution in [2.75, 3.05) is 12.4 Å². The minimum absolute atomic E-state index is 0.0144. The molecule has 0 bridgehead atoms. The van der Waals surface area contributed by atoms with Crippen molar-refractivity contribution in [1.29, 1.82) is 0 Å². The van der Waals surface area contributed by atoms with Gasteiger partial charge in [-0.1, -0.05) is 18.2 Å². The lowest BCUT2D eigenvalue weighted by Gasteiger charge is -2.27. The summed E-state index contributed by atoms with van der Waals surface area (Å²) in [6.45, 7) is 4.54. The first-order valence-electron chi connectivity index (χ1n) is 7.11. The van der Waals surface area contributed by atoms with Crippen LogP contribution < -0.4 is 5.32 Å². The summed E-state index contributed by atoms with van der Waals surface area (Å²) in [5.41, 5.74) is 2.42. The molecule has 4 heteroatoms. The second-order valence-electron chi connectivity index (χ2n) is 5.14. The molecule has 0 aliphatic heterocycles. The van der Waals surface area contributed by atoms with E-state index >= 15 is 0 Å². The average molecular weight is 283 g/mol. The van der Waals surface area contributed by atoms with E-state index in [2.05, 4.69) is 10.3 Å². The number of benzene rings is 1. The van der Waals surface area contributed by atoms with E-state index in [0.29, 0.717) is 12.1 Å². The van der Waals surface area contributed by atoms with Crippen LogP contribution in [0.15, 0.2) is 48.7 Å². The third-order valence-electron chi connectivity index (χ3n) is 3.37. The van der Waals surface area contributed by atoms with Gasteiger partial charge in [-0.05, 0) is 38.1 Å². The van der Waals surface area contributed by atoms with Gasteiger partial charge in [-0.2, -0.15) is 0 Å². The van der Waals surface area contributed by atoms with Gasteiger partial charge in [0.15, 0.2) is 0 Å². The second kappa shape index (κ2) is 6.88. The van der Waals surface area contributed by atoms with Crippen molar-refractivity contribution >= 4 is 11.6 Å². The van der Waals surface area contributed by atoms with E-state index in [-0.39, 0.29) is 11.9 Å². The van der Waals surface area contributed by atoms with Crippen LogP contribution in [-0.4, -0.2) is 28.9 Å². The quantitative estimate of drug-likeness (QED) is 0.916. The highest BCUT2D eigenvalue weighted by Gasteiger charge is 2.21. The fourth-order valence-corrected chi connectivity index (χ4v) is 2.20.